The minimum Gasteiger partial charge on any atom is -0.278 e. The highest BCUT2D eigenvalue weighted by molar-refractivity contribution is 7.94. The molecule has 1 heterocycles. The van der Waals surface area contributed by atoms with Crippen molar-refractivity contribution in [2.75, 3.05) is 10.5 Å². The fraction of sp³-hybridized carbons (Fsp3) is 0.133. The van der Waals surface area contributed by atoms with Crippen LogP contribution in [0.5, 0.6) is 0 Å². The van der Waals surface area contributed by atoms with Gasteiger partial charge in [-0.3, -0.25) is 14.9 Å². The minimum absolute atomic E-state index is 0.0255. The lowest BCUT2D eigenvalue weighted by atomic mass is 10.2. The van der Waals surface area contributed by atoms with E-state index in [-0.39, 0.29) is 21.2 Å². The molecule has 3 N–H and O–H groups in total. The highest BCUT2D eigenvalue weighted by Crippen LogP contribution is 2.22. The number of hydrazine groups is 1. The maximum Gasteiger partial charge on any atom is 0.271 e. The van der Waals surface area contributed by atoms with Crippen LogP contribution in [-0.2, 0) is 20.0 Å². The summed E-state index contributed by atoms with van der Waals surface area (Å²) in [6.07, 6.45) is 0. The molecule has 1 aromatic heterocycles. The Morgan fingerprint density at radius 1 is 1.12 bits per heavy atom. The second-order valence-electron chi connectivity index (χ2n) is 5.36. The van der Waals surface area contributed by atoms with Crippen molar-refractivity contribution >= 4 is 43.0 Å². The zero-order valence-electron chi connectivity index (χ0n) is 13.7. The first-order valence-corrected chi connectivity index (χ1v) is 11.2. The molecule has 0 atom stereocenters. The van der Waals surface area contributed by atoms with E-state index in [1.165, 1.54) is 31.2 Å². The van der Waals surface area contributed by atoms with Gasteiger partial charge in [-0.2, -0.15) is 0 Å². The Morgan fingerprint density at radius 2 is 1.81 bits per heavy atom. The van der Waals surface area contributed by atoms with E-state index in [2.05, 4.69) is 16.7 Å². The van der Waals surface area contributed by atoms with Crippen LogP contribution in [0.15, 0.2) is 58.1 Å². The van der Waals surface area contributed by atoms with Gasteiger partial charge in [0.15, 0.2) is 0 Å². The Bertz CT molecular complexity index is 1010. The van der Waals surface area contributed by atoms with Crippen LogP contribution in [0.4, 0.5) is 5.69 Å². The summed E-state index contributed by atoms with van der Waals surface area (Å²) in [6.45, 7) is 5.03. The molecule has 1 amide bonds. The third-order valence-corrected chi connectivity index (χ3v) is 6.98. The van der Waals surface area contributed by atoms with E-state index in [1.54, 1.807) is 17.5 Å². The molecule has 0 bridgehead atoms. The molecule has 2 aromatic rings. The molecule has 11 heteroatoms. The van der Waals surface area contributed by atoms with Gasteiger partial charge in [0.25, 0.3) is 15.9 Å². The summed E-state index contributed by atoms with van der Waals surface area (Å²) in [5, 5.41) is 1.61. The second kappa shape index (κ2) is 7.99. The Balaban J connectivity index is 2.18. The van der Waals surface area contributed by atoms with Gasteiger partial charge in [-0.25, -0.2) is 16.8 Å². The van der Waals surface area contributed by atoms with E-state index in [4.69, 9.17) is 0 Å². The van der Waals surface area contributed by atoms with Crippen LogP contribution >= 0.6 is 11.3 Å². The molecule has 8 nitrogen and oxygen atoms in total. The van der Waals surface area contributed by atoms with Gasteiger partial charge in [0, 0.05) is 0 Å². The van der Waals surface area contributed by atoms with E-state index >= 15 is 0 Å². The number of carbonyl (C=O) groups is 1. The summed E-state index contributed by atoms with van der Waals surface area (Å²) < 4.78 is 50.6. The van der Waals surface area contributed by atoms with E-state index in [1.807, 2.05) is 4.83 Å². The molecular formula is C15H17N3O5S3. The van der Waals surface area contributed by atoms with Gasteiger partial charge < -0.3 is 0 Å². The summed E-state index contributed by atoms with van der Waals surface area (Å²) in [4.78, 5) is 14.2. The number of amides is 1. The number of benzene rings is 1. The highest BCUT2D eigenvalue weighted by Gasteiger charge is 2.20. The predicted octanol–water partition coefficient (Wildman–Crippen LogP) is 1.69. The molecule has 140 valence electrons. The molecule has 26 heavy (non-hydrogen) atoms. The lowest BCUT2D eigenvalue weighted by molar-refractivity contribution is 0.0946. The van der Waals surface area contributed by atoms with Gasteiger partial charge in [0.2, 0.25) is 10.0 Å². The normalized spacial score (nSPS) is 11.7. The molecule has 0 fully saturated rings. The molecular weight excluding hydrogens is 398 g/mol. The second-order valence-corrected chi connectivity index (χ2v) is 9.93. The fourth-order valence-corrected chi connectivity index (χ4v) is 4.98. The number of rotatable bonds is 8. The smallest absolute Gasteiger partial charge is 0.271 e. The summed E-state index contributed by atoms with van der Waals surface area (Å²) >= 11 is 1.03. The van der Waals surface area contributed by atoms with Crippen LogP contribution in [0.3, 0.4) is 0 Å². The number of thiophene rings is 1. The number of anilines is 1. The summed E-state index contributed by atoms with van der Waals surface area (Å²) in [5.74, 6) is -1.15. The van der Waals surface area contributed by atoms with Gasteiger partial charge in [-0.05, 0) is 30.5 Å². The SMILES string of the molecule is C=C(C)CS(=O)(=O)NNC(=O)c1ccccc1NS(=O)(=O)c1cccs1. The Morgan fingerprint density at radius 3 is 2.42 bits per heavy atom. The van der Waals surface area contributed by atoms with Gasteiger partial charge in [-0.1, -0.05) is 30.4 Å². The maximum absolute atomic E-state index is 12.3. The molecule has 1 aromatic carbocycles. The first-order chi connectivity index (χ1) is 12.1. The zero-order valence-corrected chi connectivity index (χ0v) is 16.2. The van der Waals surface area contributed by atoms with Gasteiger partial charge in [0.1, 0.15) is 4.21 Å². The number of nitrogens with one attached hydrogen (secondary N) is 3. The standard InChI is InChI=1S/C15H17N3O5S3/c1-11(2)10-25(20,21)18-16-15(19)12-6-3-4-7-13(12)17-26(22,23)14-8-5-9-24-14/h3-9,17-18H,1,10H2,2H3,(H,16,19). The molecule has 0 saturated carbocycles. The van der Waals surface area contributed by atoms with Crippen molar-refractivity contribution in [1.82, 2.24) is 10.3 Å². The van der Waals surface area contributed by atoms with Crippen molar-refractivity contribution in [2.24, 2.45) is 0 Å². The molecule has 0 aliphatic rings. The van der Waals surface area contributed by atoms with E-state index in [0.717, 1.165) is 11.3 Å². The molecule has 0 aliphatic heterocycles. The van der Waals surface area contributed by atoms with Crippen molar-refractivity contribution in [2.45, 2.75) is 11.1 Å². The first-order valence-electron chi connectivity index (χ1n) is 7.20. The third-order valence-electron chi connectivity index (χ3n) is 2.93. The summed E-state index contributed by atoms with van der Waals surface area (Å²) in [5.41, 5.74) is 2.44. The van der Waals surface area contributed by atoms with Crippen LogP contribution in [0.1, 0.15) is 17.3 Å². The number of sulfonamides is 2. The van der Waals surface area contributed by atoms with Gasteiger partial charge >= 0.3 is 0 Å². The Kier molecular flexibility index (Phi) is 6.18. The van der Waals surface area contributed by atoms with Crippen molar-refractivity contribution in [3.63, 3.8) is 0 Å². The van der Waals surface area contributed by atoms with Crippen LogP contribution in [0, 0.1) is 0 Å². The first kappa shape index (κ1) is 20.1. The number of hydrogen-bond acceptors (Lipinski definition) is 6. The Labute approximate surface area is 156 Å². The number of hydrogen-bond donors (Lipinski definition) is 3. The molecule has 0 unspecified atom stereocenters. The van der Waals surface area contributed by atoms with Gasteiger partial charge in [0.05, 0.1) is 17.0 Å². The van der Waals surface area contributed by atoms with Crippen molar-refractivity contribution in [1.29, 1.82) is 0 Å². The summed E-state index contributed by atoms with van der Waals surface area (Å²) in [6, 6.07) is 8.88. The van der Waals surface area contributed by atoms with E-state index in [0.29, 0.717) is 5.57 Å². The Hall–Kier alpha value is -2.21. The van der Waals surface area contributed by atoms with Crippen LogP contribution in [0.25, 0.3) is 0 Å². The lowest BCUT2D eigenvalue weighted by Crippen LogP contribution is -2.43. The van der Waals surface area contributed by atoms with Crippen molar-refractivity contribution in [3.8, 4) is 0 Å². The molecule has 0 aliphatic carbocycles. The number of para-hydroxylation sites is 1. The largest absolute Gasteiger partial charge is 0.278 e. The molecule has 0 radical (unpaired) electrons. The average molecular weight is 416 g/mol. The van der Waals surface area contributed by atoms with E-state index in [9.17, 15) is 21.6 Å². The molecule has 0 saturated heterocycles. The topological polar surface area (TPSA) is 121 Å². The monoisotopic (exact) mass is 415 g/mol. The quantitative estimate of drug-likeness (QED) is 0.447. The van der Waals surface area contributed by atoms with Crippen LogP contribution < -0.4 is 15.0 Å². The fourth-order valence-electron chi connectivity index (χ4n) is 1.93. The molecule has 0 spiro atoms. The summed E-state index contributed by atoms with van der Waals surface area (Å²) in [7, 11) is -7.63. The third kappa shape index (κ3) is 5.39. The van der Waals surface area contributed by atoms with E-state index < -0.39 is 26.0 Å². The van der Waals surface area contributed by atoms with Crippen LogP contribution in [0.2, 0.25) is 0 Å². The van der Waals surface area contributed by atoms with Crippen molar-refractivity contribution < 1.29 is 21.6 Å². The average Bonchev–Trinajstić information content (AvgIpc) is 3.07. The zero-order chi connectivity index (χ0) is 19.4. The highest BCUT2D eigenvalue weighted by atomic mass is 32.2. The minimum atomic E-state index is -3.85. The lowest BCUT2D eigenvalue weighted by Gasteiger charge is -2.12. The molecule has 2 rings (SSSR count). The predicted molar refractivity (Wildman–Crippen MR) is 101 cm³/mol. The van der Waals surface area contributed by atoms with Crippen molar-refractivity contribution in [3.05, 3.63) is 59.5 Å². The van der Waals surface area contributed by atoms with Crippen LogP contribution in [-0.4, -0.2) is 28.5 Å². The maximum atomic E-state index is 12.3. The van der Waals surface area contributed by atoms with Gasteiger partial charge in [-0.15, -0.1) is 16.2 Å². The number of carbonyl (C=O) groups excluding carboxylic acids is 1.